The van der Waals surface area contributed by atoms with E-state index in [1.807, 2.05) is 0 Å². The third kappa shape index (κ3) is 4.48. The quantitative estimate of drug-likeness (QED) is 0.456. The lowest BCUT2D eigenvalue weighted by molar-refractivity contribution is -0.119. The zero-order chi connectivity index (χ0) is 21.8. The van der Waals surface area contributed by atoms with E-state index in [1.165, 1.54) is 16.9 Å². The van der Waals surface area contributed by atoms with Crippen LogP contribution >= 0.6 is 0 Å². The van der Waals surface area contributed by atoms with Crippen LogP contribution in [-0.2, 0) is 14.8 Å². The summed E-state index contributed by atoms with van der Waals surface area (Å²) in [5.74, 6) is 0.0639. The Bertz CT molecular complexity index is 1290. The molecule has 0 fully saturated rings. The topological polar surface area (TPSA) is 119 Å². The van der Waals surface area contributed by atoms with Gasteiger partial charge in [-0.3, -0.25) is 14.2 Å². The van der Waals surface area contributed by atoms with Gasteiger partial charge in [-0.2, -0.15) is 5.10 Å². The second-order valence-electron chi connectivity index (χ2n) is 6.71. The summed E-state index contributed by atoms with van der Waals surface area (Å²) in [5.41, 5.74) is 1.15. The minimum atomic E-state index is -3.93. The van der Waals surface area contributed by atoms with Gasteiger partial charge in [-0.05, 0) is 43.3 Å². The highest BCUT2D eigenvalue weighted by molar-refractivity contribution is 7.92. The van der Waals surface area contributed by atoms with E-state index in [4.69, 9.17) is 4.52 Å². The first kappa shape index (κ1) is 20.4. The number of nitrogens with zero attached hydrogens (tertiary/aromatic N) is 3. The maximum Gasteiger partial charge on any atom is 0.262 e. The van der Waals surface area contributed by atoms with E-state index >= 15 is 0 Å². The van der Waals surface area contributed by atoms with Gasteiger partial charge >= 0.3 is 0 Å². The maximum absolute atomic E-state index is 13.0. The van der Waals surface area contributed by atoms with Crippen LogP contribution < -0.4 is 10.0 Å². The van der Waals surface area contributed by atoms with Crippen LogP contribution in [0.25, 0.3) is 11.3 Å². The molecule has 2 N–H and O–H groups in total. The average molecular weight is 437 g/mol. The molecule has 2 aromatic heterocycles. The molecule has 10 heteroatoms. The number of nitrogens with one attached hydrogen (secondary N) is 2. The lowest BCUT2D eigenvalue weighted by Gasteiger charge is -2.14. The average Bonchev–Trinajstić information content (AvgIpc) is 3.47. The highest BCUT2D eigenvalue weighted by Crippen LogP contribution is 2.29. The van der Waals surface area contributed by atoms with Crippen molar-refractivity contribution in [3.63, 3.8) is 0 Å². The Balaban J connectivity index is 1.55. The van der Waals surface area contributed by atoms with Crippen LogP contribution in [-0.4, -0.2) is 29.3 Å². The first-order valence-electron chi connectivity index (χ1n) is 9.37. The molecule has 0 bridgehead atoms. The van der Waals surface area contributed by atoms with E-state index in [2.05, 4.69) is 20.3 Å². The molecule has 0 radical (unpaired) electrons. The van der Waals surface area contributed by atoms with Crippen molar-refractivity contribution in [3.05, 3.63) is 79.3 Å². The van der Waals surface area contributed by atoms with Gasteiger partial charge in [0, 0.05) is 29.7 Å². The first-order valence-corrected chi connectivity index (χ1v) is 10.9. The van der Waals surface area contributed by atoms with Crippen molar-refractivity contribution in [2.45, 2.75) is 17.9 Å². The molecule has 0 saturated heterocycles. The normalized spacial score (nSPS) is 12.3. The smallest absolute Gasteiger partial charge is 0.262 e. The molecule has 0 aliphatic carbocycles. The van der Waals surface area contributed by atoms with E-state index in [9.17, 15) is 13.2 Å². The van der Waals surface area contributed by atoms with Crippen LogP contribution in [0.5, 0.6) is 0 Å². The van der Waals surface area contributed by atoms with Gasteiger partial charge in [-0.25, -0.2) is 8.42 Å². The van der Waals surface area contributed by atoms with Crippen molar-refractivity contribution in [2.24, 2.45) is 0 Å². The van der Waals surface area contributed by atoms with Crippen LogP contribution in [0.2, 0.25) is 0 Å². The van der Waals surface area contributed by atoms with E-state index in [0.717, 1.165) is 0 Å². The minimum absolute atomic E-state index is 0.0495. The van der Waals surface area contributed by atoms with Crippen LogP contribution in [0.1, 0.15) is 13.0 Å². The Kier molecular flexibility index (Phi) is 5.54. The van der Waals surface area contributed by atoms with Crippen molar-refractivity contribution in [2.75, 3.05) is 10.0 Å². The minimum Gasteiger partial charge on any atom is -0.356 e. The number of carbonyl (C=O) groups excluding carboxylic acids is 1. The number of anilines is 2. The second kappa shape index (κ2) is 8.44. The van der Waals surface area contributed by atoms with Crippen molar-refractivity contribution in [1.82, 2.24) is 14.9 Å². The van der Waals surface area contributed by atoms with Crippen molar-refractivity contribution in [1.29, 1.82) is 0 Å². The first-order chi connectivity index (χ1) is 14.9. The van der Waals surface area contributed by atoms with Gasteiger partial charge in [0.25, 0.3) is 10.0 Å². The largest absolute Gasteiger partial charge is 0.356 e. The number of hydrogen-bond acceptors (Lipinski definition) is 6. The molecule has 4 aromatic rings. The summed E-state index contributed by atoms with van der Waals surface area (Å²) in [6.07, 6.45) is 4.74. The molecular weight excluding hydrogens is 418 g/mol. The molecule has 2 heterocycles. The maximum atomic E-state index is 13.0. The van der Waals surface area contributed by atoms with Gasteiger partial charge in [-0.15, -0.1) is 0 Å². The number of amides is 1. The zero-order valence-corrected chi connectivity index (χ0v) is 17.3. The van der Waals surface area contributed by atoms with Gasteiger partial charge < -0.3 is 9.84 Å². The fourth-order valence-electron chi connectivity index (χ4n) is 3.01. The molecule has 1 amide bonds. The van der Waals surface area contributed by atoms with Crippen molar-refractivity contribution >= 4 is 27.3 Å². The molecular formula is C21H19N5O4S. The summed E-state index contributed by atoms with van der Waals surface area (Å²) in [6, 6.07) is 15.7. The summed E-state index contributed by atoms with van der Waals surface area (Å²) < 4.78 is 35.3. The fraction of sp³-hybridized carbons (Fsp3) is 0.0952. The lowest BCUT2D eigenvalue weighted by Crippen LogP contribution is -2.24. The molecule has 0 spiro atoms. The zero-order valence-electron chi connectivity index (χ0n) is 16.5. The van der Waals surface area contributed by atoms with Gasteiger partial charge in [0.2, 0.25) is 5.91 Å². The Morgan fingerprint density at radius 1 is 1.03 bits per heavy atom. The van der Waals surface area contributed by atoms with Gasteiger partial charge in [0.15, 0.2) is 5.76 Å². The van der Waals surface area contributed by atoms with E-state index < -0.39 is 16.1 Å². The number of aromatic nitrogens is 3. The number of benzene rings is 2. The van der Waals surface area contributed by atoms with Crippen LogP contribution in [0.4, 0.5) is 11.4 Å². The van der Waals surface area contributed by atoms with Crippen LogP contribution in [0.15, 0.2) is 88.7 Å². The highest BCUT2D eigenvalue weighted by Gasteiger charge is 2.21. The fourth-order valence-corrected chi connectivity index (χ4v) is 4.27. The number of rotatable bonds is 7. The Hall–Kier alpha value is -3.92. The van der Waals surface area contributed by atoms with Crippen molar-refractivity contribution < 1.29 is 17.7 Å². The molecule has 0 aliphatic heterocycles. The van der Waals surface area contributed by atoms with Crippen LogP contribution in [0, 0.1) is 0 Å². The molecule has 158 valence electrons. The second-order valence-corrected chi connectivity index (χ2v) is 8.36. The van der Waals surface area contributed by atoms with E-state index in [1.54, 1.807) is 73.9 Å². The van der Waals surface area contributed by atoms with Gasteiger partial charge in [-0.1, -0.05) is 23.4 Å². The molecule has 2 aromatic carbocycles. The SMILES string of the molecule is C[C@@H](C(=O)Nc1cccc(NS(=O)(=O)c2ccccc2-c2ccno2)c1)n1cccn1. The molecule has 1 atom stereocenters. The monoisotopic (exact) mass is 437 g/mol. The molecule has 0 unspecified atom stereocenters. The molecule has 31 heavy (non-hydrogen) atoms. The number of hydrogen-bond donors (Lipinski definition) is 2. The predicted octanol–water partition coefficient (Wildman–Crippen LogP) is 3.54. The highest BCUT2D eigenvalue weighted by atomic mass is 32.2. The molecule has 0 saturated carbocycles. The summed E-state index contributed by atoms with van der Waals surface area (Å²) in [5, 5.41) is 10.5. The van der Waals surface area contributed by atoms with E-state index in [0.29, 0.717) is 22.7 Å². The Labute approximate surface area is 178 Å². The van der Waals surface area contributed by atoms with Crippen molar-refractivity contribution in [3.8, 4) is 11.3 Å². The van der Waals surface area contributed by atoms with Crippen LogP contribution in [0.3, 0.4) is 0 Å². The molecule has 0 aliphatic rings. The van der Waals surface area contributed by atoms with Gasteiger partial charge in [0.05, 0.1) is 16.8 Å². The molecule has 4 rings (SSSR count). The lowest BCUT2D eigenvalue weighted by atomic mass is 10.2. The molecule has 9 nitrogen and oxygen atoms in total. The standard InChI is InChI=1S/C21H19N5O4S/c1-15(26-13-5-11-22-26)21(27)24-16-6-4-7-17(14-16)25-31(28,29)20-9-3-2-8-18(20)19-10-12-23-30-19/h2-15,25H,1H3,(H,24,27)/t15-/m0/s1. The summed E-state index contributed by atoms with van der Waals surface area (Å²) >= 11 is 0. The van der Waals surface area contributed by atoms with Gasteiger partial charge in [0.1, 0.15) is 6.04 Å². The summed E-state index contributed by atoms with van der Waals surface area (Å²) in [6.45, 7) is 1.72. The Morgan fingerprint density at radius 2 is 1.84 bits per heavy atom. The third-order valence-corrected chi connectivity index (χ3v) is 6.00. The summed E-state index contributed by atoms with van der Waals surface area (Å²) in [4.78, 5) is 12.5. The predicted molar refractivity (Wildman–Crippen MR) is 115 cm³/mol. The summed E-state index contributed by atoms with van der Waals surface area (Å²) in [7, 11) is -3.93. The number of sulfonamides is 1. The van der Waals surface area contributed by atoms with E-state index in [-0.39, 0.29) is 10.8 Å². The number of carbonyl (C=O) groups is 1. The Morgan fingerprint density at radius 3 is 2.58 bits per heavy atom. The third-order valence-electron chi connectivity index (χ3n) is 4.56.